The zero-order chi connectivity index (χ0) is 11.1. The summed E-state index contributed by atoms with van der Waals surface area (Å²) >= 11 is 5.89. The second-order valence-electron chi connectivity index (χ2n) is 3.21. The number of carbonyl (C=O) groups excluding carboxylic acids is 1. The highest BCUT2D eigenvalue weighted by atomic mass is 35.5. The van der Waals surface area contributed by atoms with E-state index in [9.17, 15) is 4.79 Å². The fraction of sp³-hybridized carbons (Fsp3) is 0.400. The van der Waals surface area contributed by atoms with Crippen molar-refractivity contribution in [2.24, 2.45) is 5.73 Å². The smallest absolute Gasteiger partial charge is 0.217 e. The van der Waals surface area contributed by atoms with E-state index in [0.29, 0.717) is 11.4 Å². The number of rotatable bonds is 6. The van der Waals surface area contributed by atoms with Crippen LogP contribution in [0.15, 0.2) is 18.5 Å². The van der Waals surface area contributed by atoms with Crippen molar-refractivity contribution in [3.8, 4) is 0 Å². The summed E-state index contributed by atoms with van der Waals surface area (Å²) in [5, 5.41) is 3.77. The summed E-state index contributed by atoms with van der Waals surface area (Å²) in [6, 6.07) is 1.82. The van der Waals surface area contributed by atoms with Crippen LogP contribution in [0.25, 0.3) is 0 Å². The summed E-state index contributed by atoms with van der Waals surface area (Å²) in [6.45, 7) is 0.775. The van der Waals surface area contributed by atoms with Crippen LogP contribution in [0.3, 0.4) is 0 Å². The van der Waals surface area contributed by atoms with Crippen molar-refractivity contribution in [3.05, 3.63) is 23.5 Å². The Kier molecular flexibility index (Phi) is 4.90. The van der Waals surface area contributed by atoms with Crippen molar-refractivity contribution in [3.63, 3.8) is 0 Å². The average molecular weight is 228 g/mol. The van der Waals surface area contributed by atoms with Gasteiger partial charge in [-0.1, -0.05) is 11.6 Å². The molecule has 0 aliphatic heterocycles. The number of carbonyl (C=O) groups is 1. The van der Waals surface area contributed by atoms with Crippen LogP contribution in [0.5, 0.6) is 0 Å². The predicted molar refractivity (Wildman–Crippen MR) is 60.8 cm³/mol. The van der Waals surface area contributed by atoms with Crippen LogP contribution in [-0.4, -0.2) is 17.4 Å². The second kappa shape index (κ2) is 6.24. The number of aromatic nitrogens is 1. The minimum atomic E-state index is -0.253. The third kappa shape index (κ3) is 4.65. The van der Waals surface area contributed by atoms with E-state index < -0.39 is 0 Å². The Balaban J connectivity index is 2.21. The molecule has 3 N–H and O–H groups in total. The normalized spacial score (nSPS) is 9.93. The van der Waals surface area contributed by atoms with Crippen LogP contribution in [0.2, 0.25) is 5.02 Å². The molecule has 15 heavy (non-hydrogen) atoms. The van der Waals surface area contributed by atoms with Crippen molar-refractivity contribution in [1.29, 1.82) is 0 Å². The molecular formula is C10H14ClN3O. The van der Waals surface area contributed by atoms with Gasteiger partial charge in [0, 0.05) is 25.4 Å². The summed E-state index contributed by atoms with van der Waals surface area (Å²) < 4.78 is 0. The number of hydrogen-bond acceptors (Lipinski definition) is 3. The van der Waals surface area contributed by atoms with Gasteiger partial charge in [-0.15, -0.1) is 0 Å². The summed E-state index contributed by atoms with van der Waals surface area (Å²) in [5.74, 6) is -0.253. The third-order valence-electron chi connectivity index (χ3n) is 1.94. The quantitative estimate of drug-likeness (QED) is 0.729. The monoisotopic (exact) mass is 227 g/mol. The first-order valence-electron chi connectivity index (χ1n) is 4.82. The van der Waals surface area contributed by atoms with E-state index in [1.807, 2.05) is 6.07 Å². The molecule has 0 saturated heterocycles. The number of unbranched alkanes of at least 4 members (excludes halogenated alkanes) is 1. The molecule has 1 amide bonds. The van der Waals surface area contributed by atoms with E-state index in [1.165, 1.54) is 0 Å². The van der Waals surface area contributed by atoms with E-state index in [-0.39, 0.29) is 5.91 Å². The SMILES string of the molecule is NC(=O)CCCCNc1ccncc1Cl. The average Bonchev–Trinajstić information content (AvgIpc) is 2.20. The molecule has 1 rings (SSSR count). The molecule has 4 nitrogen and oxygen atoms in total. The topological polar surface area (TPSA) is 68.0 Å². The number of nitrogens with two attached hydrogens (primary N) is 1. The first kappa shape index (κ1) is 11.8. The van der Waals surface area contributed by atoms with E-state index in [0.717, 1.165) is 25.1 Å². The Bertz CT molecular complexity index is 330. The zero-order valence-corrected chi connectivity index (χ0v) is 9.13. The standard InChI is InChI=1S/C10H14ClN3O/c11-8-7-13-6-4-9(8)14-5-2-1-3-10(12)15/h4,6-7H,1-3,5H2,(H2,12,15)(H,13,14). The second-order valence-corrected chi connectivity index (χ2v) is 3.61. The third-order valence-corrected chi connectivity index (χ3v) is 2.24. The Hall–Kier alpha value is -1.29. The Labute approximate surface area is 93.8 Å². The molecule has 1 heterocycles. The molecular weight excluding hydrogens is 214 g/mol. The molecule has 0 unspecified atom stereocenters. The Morgan fingerprint density at radius 3 is 3.00 bits per heavy atom. The van der Waals surface area contributed by atoms with E-state index in [4.69, 9.17) is 17.3 Å². The molecule has 82 valence electrons. The van der Waals surface area contributed by atoms with Gasteiger partial charge >= 0.3 is 0 Å². The van der Waals surface area contributed by atoms with Gasteiger partial charge in [-0.3, -0.25) is 9.78 Å². The number of halogens is 1. The Morgan fingerprint density at radius 2 is 2.33 bits per heavy atom. The van der Waals surface area contributed by atoms with Crippen molar-refractivity contribution in [2.45, 2.75) is 19.3 Å². The highest BCUT2D eigenvalue weighted by Crippen LogP contribution is 2.18. The number of nitrogens with zero attached hydrogens (tertiary/aromatic N) is 1. The fourth-order valence-electron chi connectivity index (χ4n) is 1.17. The van der Waals surface area contributed by atoms with Crippen LogP contribution in [-0.2, 0) is 4.79 Å². The van der Waals surface area contributed by atoms with Crippen LogP contribution >= 0.6 is 11.6 Å². The number of primary amides is 1. The molecule has 1 aromatic rings. The summed E-state index contributed by atoms with van der Waals surface area (Å²) in [5.41, 5.74) is 5.89. The van der Waals surface area contributed by atoms with Gasteiger partial charge in [0.2, 0.25) is 5.91 Å². The molecule has 0 saturated carbocycles. The number of hydrogen-bond donors (Lipinski definition) is 2. The van der Waals surface area contributed by atoms with E-state index in [2.05, 4.69) is 10.3 Å². The molecule has 0 bridgehead atoms. The zero-order valence-electron chi connectivity index (χ0n) is 8.37. The molecule has 1 aromatic heterocycles. The summed E-state index contributed by atoms with van der Waals surface area (Å²) in [7, 11) is 0. The maximum Gasteiger partial charge on any atom is 0.217 e. The van der Waals surface area contributed by atoms with Gasteiger partial charge in [-0.05, 0) is 18.9 Å². The number of amides is 1. The van der Waals surface area contributed by atoms with Crippen molar-refractivity contribution >= 4 is 23.2 Å². The van der Waals surface area contributed by atoms with Crippen molar-refractivity contribution in [1.82, 2.24) is 4.98 Å². The Morgan fingerprint density at radius 1 is 1.53 bits per heavy atom. The number of nitrogens with one attached hydrogen (secondary N) is 1. The molecule has 0 spiro atoms. The molecule has 0 aliphatic carbocycles. The maximum absolute atomic E-state index is 10.5. The summed E-state index contributed by atoms with van der Waals surface area (Å²) in [4.78, 5) is 14.3. The first-order valence-corrected chi connectivity index (χ1v) is 5.19. The lowest BCUT2D eigenvalue weighted by molar-refractivity contribution is -0.118. The molecule has 5 heteroatoms. The molecule has 0 aromatic carbocycles. The molecule has 0 radical (unpaired) electrons. The maximum atomic E-state index is 10.5. The largest absolute Gasteiger partial charge is 0.384 e. The first-order chi connectivity index (χ1) is 7.20. The van der Waals surface area contributed by atoms with Crippen LogP contribution < -0.4 is 11.1 Å². The minimum absolute atomic E-state index is 0.253. The fourth-order valence-corrected chi connectivity index (χ4v) is 1.35. The van der Waals surface area contributed by atoms with Gasteiger partial charge in [-0.25, -0.2) is 0 Å². The van der Waals surface area contributed by atoms with Crippen molar-refractivity contribution in [2.75, 3.05) is 11.9 Å². The number of anilines is 1. The van der Waals surface area contributed by atoms with Gasteiger partial charge in [0.05, 0.1) is 10.7 Å². The van der Waals surface area contributed by atoms with Gasteiger partial charge in [0.15, 0.2) is 0 Å². The van der Waals surface area contributed by atoms with Gasteiger partial charge in [-0.2, -0.15) is 0 Å². The lowest BCUT2D eigenvalue weighted by atomic mass is 10.2. The van der Waals surface area contributed by atoms with Gasteiger partial charge in [0.25, 0.3) is 0 Å². The van der Waals surface area contributed by atoms with Crippen molar-refractivity contribution < 1.29 is 4.79 Å². The highest BCUT2D eigenvalue weighted by molar-refractivity contribution is 6.33. The van der Waals surface area contributed by atoms with Crippen LogP contribution in [0, 0.1) is 0 Å². The summed E-state index contributed by atoms with van der Waals surface area (Å²) in [6.07, 6.45) is 5.39. The van der Waals surface area contributed by atoms with Gasteiger partial charge < -0.3 is 11.1 Å². The van der Waals surface area contributed by atoms with E-state index in [1.54, 1.807) is 12.4 Å². The predicted octanol–water partition coefficient (Wildman–Crippen LogP) is 1.80. The lowest BCUT2D eigenvalue weighted by Crippen LogP contribution is -2.11. The van der Waals surface area contributed by atoms with Gasteiger partial charge in [0.1, 0.15) is 0 Å². The molecule has 0 fully saturated rings. The van der Waals surface area contributed by atoms with Crippen LogP contribution in [0.1, 0.15) is 19.3 Å². The highest BCUT2D eigenvalue weighted by Gasteiger charge is 1.98. The molecule has 0 atom stereocenters. The number of pyridine rings is 1. The minimum Gasteiger partial charge on any atom is -0.384 e. The van der Waals surface area contributed by atoms with E-state index >= 15 is 0 Å². The lowest BCUT2D eigenvalue weighted by Gasteiger charge is -2.06. The molecule has 0 aliphatic rings. The van der Waals surface area contributed by atoms with Crippen LogP contribution in [0.4, 0.5) is 5.69 Å².